The quantitative estimate of drug-likeness (QED) is 0.0730. The maximum absolute atomic E-state index is 11.7. The molecule has 0 aliphatic carbocycles. The van der Waals surface area contributed by atoms with Gasteiger partial charge in [0.05, 0.1) is 5.76 Å². The molecule has 0 saturated heterocycles. The molecule has 0 amide bonds. The molecule has 0 atom stereocenters. The Labute approximate surface area is 268 Å². The van der Waals surface area contributed by atoms with Crippen LogP contribution in [0.2, 0.25) is 0 Å². The van der Waals surface area contributed by atoms with Crippen LogP contribution in [0, 0.1) is 31.7 Å². The second-order valence-corrected chi connectivity index (χ2v) is 11.3. The van der Waals surface area contributed by atoms with Gasteiger partial charge in [-0.25, -0.2) is 0 Å². The van der Waals surface area contributed by atoms with Gasteiger partial charge in [-0.1, -0.05) is 76.4 Å². The molecule has 4 aromatic carbocycles. The fraction of sp³-hybridized carbons (Fsp3) is 0.316. The molecule has 2 heterocycles. The van der Waals surface area contributed by atoms with Gasteiger partial charge in [0.1, 0.15) is 0 Å². The van der Waals surface area contributed by atoms with Crippen LogP contribution in [0.25, 0.3) is 49.2 Å². The summed E-state index contributed by atoms with van der Waals surface area (Å²) in [7, 11) is 0. The van der Waals surface area contributed by atoms with Crippen molar-refractivity contribution in [3.63, 3.8) is 0 Å². The van der Waals surface area contributed by atoms with Crippen molar-refractivity contribution in [1.29, 1.82) is 0 Å². The Morgan fingerprint density at radius 2 is 1.53 bits per heavy atom. The van der Waals surface area contributed by atoms with Crippen LogP contribution in [0.15, 0.2) is 78.7 Å². The Kier molecular flexibility index (Phi) is 10.4. The number of aliphatic hydroxyl groups excluding tert-OH is 1. The fourth-order valence-electron chi connectivity index (χ4n) is 6.33. The van der Waals surface area contributed by atoms with E-state index in [4.69, 9.17) is 4.98 Å². The summed E-state index contributed by atoms with van der Waals surface area (Å²) in [5.41, 5.74) is 7.14. The van der Waals surface area contributed by atoms with E-state index in [9.17, 15) is 9.90 Å². The third-order valence-corrected chi connectivity index (χ3v) is 8.73. The molecule has 0 aliphatic rings. The number of aryl methyl sites for hydroxylation is 2. The Morgan fingerprint density at radius 3 is 2.21 bits per heavy atom. The molecule has 1 N–H and O–H groups in total. The maximum atomic E-state index is 11.7. The van der Waals surface area contributed by atoms with Crippen molar-refractivity contribution in [2.45, 2.75) is 67.2 Å². The van der Waals surface area contributed by atoms with E-state index in [-0.39, 0.29) is 43.5 Å². The van der Waals surface area contributed by atoms with Crippen molar-refractivity contribution in [2.24, 2.45) is 11.8 Å². The molecule has 0 saturated carbocycles. The molecule has 5 heteroatoms. The molecule has 0 fully saturated rings. The molecule has 6 aromatic rings. The molecule has 0 unspecified atom stereocenters. The molecule has 1 radical (unpaired) electrons. The van der Waals surface area contributed by atoms with Crippen molar-refractivity contribution in [3.05, 3.63) is 95.9 Å². The van der Waals surface area contributed by atoms with Crippen LogP contribution < -0.4 is 0 Å². The topological polar surface area (TPSA) is 55.1 Å². The summed E-state index contributed by atoms with van der Waals surface area (Å²) in [6.45, 7) is 12.4. The number of carbonyl (C=O) groups is 1. The molecule has 0 bridgehead atoms. The Morgan fingerprint density at radius 1 is 0.860 bits per heavy atom. The maximum Gasteiger partial charge on any atom is 0.162 e. The van der Waals surface area contributed by atoms with Crippen molar-refractivity contribution >= 4 is 49.3 Å². The molecule has 0 spiro atoms. The van der Waals surface area contributed by atoms with Gasteiger partial charge in [0.2, 0.25) is 0 Å². The Hall–Kier alpha value is -3.53. The minimum Gasteiger partial charge on any atom is -0.512 e. The summed E-state index contributed by atoms with van der Waals surface area (Å²) in [6, 6.07) is 25.2. The van der Waals surface area contributed by atoms with E-state index in [1.165, 1.54) is 49.9 Å². The fourth-order valence-corrected chi connectivity index (χ4v) is 6.33. The number of nitrogens with zero attached hydrogens (tertiary/aromatic N) is 2. The van der Waals surface area contributed by atoms with E-state index in [1.807, 2.05) is 40.0 Å². The van der Waals surface area contributed by atoms with Crippen molar-refractivity contribution in [3.8, 4) is 5.69 Å². The predicted molar refractivity (Wildman–Crippen MR) is 177 cm³/mol. The van der Waals surface area contributed by atoms with Crippen LogP contribution in [-0.4, -0.2) is 20.4 Å². The number of rotatable bonds is 8. The normalized spacial score (nSPS) is 12.0. The van der Waals surface area contributed by atoms with E-state index in [2.05, 4.69) is 79.1 Å². The number of hydrogen-bond acceptors (Lipinski definition) is 3. The summed E-state index contributed by atoms with van der Waals surface area (Å²) in [5.74, 6) is 0.547. The number of aliphatic hydroxyl groups is 1. The summed E-state index contributed by atoms with van der Waals surface area (Å²) in [5, 5.41) is 15.9. The molecule has 4 nitrogen and oxygen atoms in total. The zero-order valence-corrected chi connectivity index (χ0v) is 28.4. The first kappa shape index (κ1) is 32.4. The molecule has 43 heavy (non-hydrogen) atoms. The van der Waals surface area contributed by atoms with Gasteiger partial charge in [-0.05, 0) is 83.6 Å². The zero-order valence-electron chi connectivity index (χ0n) is 26.0. The van der Waals surface area contributed by atoms with E-state index < -0.39 is 0 Å². The summed E-state index contributed by atoms with van der Waals surface area (Å²) >= 11 is 0. The van der Waals surface area contributed by atoms with Crippen LogP contribution in [0.1, 0.15) is 64.5 Å². The third kappa shape index (κ3) is 5.98. The van der Waals surface area contributed by atoms with Crippen LogP contribution in [0.3, 0.4) is 0 Å². The standard InChI is InChI=1S/C25H17N2.C13H24O2.Ir/c1-15-13-19-24-22(14-15)27(20-10-4-3-7-16(20)2)21-11-5-8-17(23(21)24)18-9-6-12-26-25(18)19;1-5-10(6-2)12(14)9-13(15)11(7-3)8-4;/h3-12,14H,1-2H3;9-11,14H,5-8H2,1-4H3;/q-1;;/b;12-9-;. The summed E-state index contributed by atoms with van der Waals surface area (Å²) < 4.78 is 2.40. The third-order valence-electron chi connectivity index (χ3n) is 8.73. The number of allylic oxidation sites excluding steroid dienone is 2. The second kappa shape index (κ2) is 13.8. The van der Waals surface area contributed by atoms with Crippen molar-refractivity contribution < 1.29 is 30.0 Å². The minimum absolute atomic E-state index is 0. The monoisotopic (exact) mass is 750 g/mol. The van der Waals surface area contributed by atoms with Crippen LogP contribution >= 0.6 is 0 Å². The average Bonchev–Trinajstić information content (AvgIpc) is 3.32. The molecule has 2 aromatic heterocycles. The van der Waals surface area contributed by atoms with Gasteiger partial charge in [0, 0.05) is 55.4 Å². The van der Waals surface area contributed by atoms with Gasteiger partial charge >= 0.3 is 0 Å². The Balaban J connectivity index is 0.000000230. The summed E-state index contributed by atoms with van der Waals surface area (Å²) in [6.07, 6.45) is 6.79. The van der Waals surface area contributed by atoms with Crippen LogP contribution in [0.5, 0.6) is 0 Å². The number of fused-ring (bicyclic) bond motifs is 3. The Bertz CT molecular complexity index is 1890. The largest absolute Gasteiger partial charge is 0.512 e. The first-order valence-corrected chi connectivity index (χ1v) is 15.3. The first-order valence-electron chi connectivity index (χ1n) is 15.3. The van der Waals surface area contributed by atoms with Crippen LogP contribution in [-0.2, 0) is 24.9 Å². The molecule has 6 rings (SSSR count). The zero-order chi connectivity index (χ0) is 30.0. The van der Waals surface area contributed by atoms with Crippen LogP contribution in [0.4, 0.5) is 0 Å². The molecule has 225 valence electrons. The average molecular weight is 750 g/mol. The van der Waals surface area contributed by atoms with Gasteiger partial charge in [0.15, 0.2) is 5.78 Å². The second-order valence-electron chi connectivity index (χ2n) is 11.3. The van der Waals surface area contributed by atoms with Crippen molar-refractivity contribution in [1.82, 2.24) is 9.55 Å². The smallest absolute Gasteiger partial charge is 0.162 e. The van der Waals surface area contributed by atoms with Gasteiger partial charge in [-0.2, -0.15) is 0 Å². The van der Waals surface area contributed by atoms with Crippen molar-refractivity contribution in [2.75, 3.05) is 0 Å². The molecule has 0 aliphatic heterocycles. The first-order chi connectivity index (χ1) is 20.3. The number of benzene rings is 4. The van der Waals surface area contributed by atoms with Gasteiger partial charge < -0.3 is 14.7 Å². The van der Waals surface area contributed by atoms with Gasteiger partial charge in [0.25, 0.3) is 0 Å². The molecular formula is C38H41IrN2O2-. The van der Waals surface area contributed by atoms with E-state index in [0.717, 1.165) is 42.1 Å². The predicted octanol–water partition coefficient (Wildman–Crippen LogP) is 10.2. The number of hydrogen-bond donors (Lipinski definition) is 1. The number of para-hydroxylation sites is 1. The SMILES string of the molecule is CCC(CC)C(=O)/C=C(\O)C(CC)CC.Cc1[c-]c2c3ncccc3c3cccc4c3c2c(c1)n4-c1ccccc1C.[Ir]. The van der Waals surface area contributed by atoms with E-state index >= 15 is 0 Å². The van der Waals surface area contributed by atoms with E-state index in [0.29, 0.717) is 0 Å². The summed E-state index contributed by atoms with van der Waals surface area (Å²) in [4.78, 5) is 16.4. The number of ketones is 1. The number of aromatic nitrogens is 2. The number of carbonyl (C=O) groups excluding carboxylic acids is 1. The van der Waals surface area contributed by atoms with Gasteiger partial charge in [-0.3, -0.25) is 4.79 Å². The van der Waals surface area contributed by atoms with Gasteiger partial charge in [-0.15, -0.1) is 23.1 Å². The minimum atomic E-state index is 0. The van der Waals surface area contributed by atoms with E-state index in [1.54, 1.807) is 0 Å². The molecular weight excluding hydrogens is 709 g/mol. The number of pyridine rings is 1.